The minimum atomic E-state index is -0.0227. The van der Waals surface area contributed by atoms with Gasteiger partial charge in [-0.25, -0.2) is 0 Å². The van der Waals surface area contributed by atoms with Crippen molar-refractivity contribution in [2.75, 3.05) is 13.6 Å². The Balaban J connectivity index is 2.38. The van der Waals surface area contributed by atoms with Gasteiger partial charge in [-0.1, -0.05) is 11.6 Å². The highest BCUT2D eigenvalue weighted by atomic mass is 35.5. The number of rotatable bonds is 4. The zero-order valence-electron chi connectivity index (χ0n) is 8.33. The van der Waals surface area contributed by atoms with Gasteiger partial charge in [0.15, 0.2) is 0 Å². The minimum absolute atomic E-state index is 0.0227. The van der Waals surface area contributed by atoms with Gasteiger partial charge < -0.3 is 0 Å². The maximum atomic E-state index is 8.70. The van der Waals surface area contributed by atoms with E-state index in [4.69, 9.17) is 16.9 Å². The molecule has 0 saturated carbocycles. The van der Waals surface area contributed by atoms with Gasteiger partial charge in [-0.2, -0.15) is 5.26 Å². The normalized spacial score (nSPS) is 12.8. The monoisotopic (exact) mass is 228 g/mol. The fraction of sp³-hybridized carbons (Fsp3) is 0.500. The number of nitriles is 1. The summed E-state index contributed by atoms with van der Waals surface area (Å²) >= 11 is 7.42. The third kappa shape index (κ3) is 3.30. The van der Waals surface area contributed by atoms with Crippen molar-refractivity contribution in [3.63, 3.8) is 0 Å². The van der Waals surface area contributed by atoms with Gasteiger partial charge >= 0.3 is 0 Å². The van der Waals surface area contributed by atoms with Crippen LogP contribution in [-0.2, 0) is 6.42 Å². The van der Waals surface area contributed by atoms with Gasteiger partial charge in [0.25, 0.3) is 0 Å². The van der Waals surface area contributed by atoms with Crippen molar-refractivity contribution in [3.05, 3.63) is 21.3 Å². The second-order valence-electron chi connectivity index (χ2n) is 3.24. The molecule has 1 unspecified atom stereocenters. The van der Waals surface area contributed by atoms with E-state index >= 15 is 0 Å². The van der Waals surface area contributed by atoms with Crippen LogP contribution in [0.3, 0.4) is 0 Å². The third-order valence-electron chi connectivity index (χ3n) is 2.19. The molecule has 1 aromatic heterocycles. The molecule has 1 atom stereocenters. The molecule has 0 fully saturated rings. The number of thiophene rings is 1. The smallest absolute Gasteiger partial charge is 0.0946 e. The summed E-state index contributed by atoms with van der Waals surface area (Å²) in [6.45, 7) is 2.80. The molecule has 0 amide bonds. The molecule has 4 heteroatoms. The molecule has 1 heterocycles. The molecule has 76 valence electrons. The van der Waals surface area contributed by atoms with E-state index in [-0.39, 0.29) is 6.04 Å². The number of halogens is 1. The molecule has 0 N–H and O–H groups in total. The van der Waals surface area contributed by atoms with Gasteiger partial charge in [0, 0.05) is 11.4 Å². The molecule has 0 aliphatic carbocycles. The molecular formula is C10H13ClN2S. The number of likely N-dealkylation sites (N-methyl/N-ethyl adjacent to an activating group) is 1. The van der Waals surface area contributed by atoms with Gasteiger partial charge in [0.2, 0.25) is 0 Å². The second-order valence-corrected chi connectivity index (χ2v) is 5.04. The Labute approximate surface area is 93.7 Å². The molecular weight excluding hydrogens is 216 g/mol. The summed E-state index contributed by atoms with van der Waals surface area (Å²) < 4.78 is 0.830. The van der Waals surface area contributed by atoms with Crippen LogP contribution in [-0.4, -0.2) is 24.5 Å². The Morgan fingerprint density at radius 2 is 2.36 bits per heavy atom. The first-order valence-electron chi connectivity index (χ1n) is 4.47. The van der Waals surface area contributed by atoms with Gasteiger partial charge in [-0.3, -0.25) is 4.90 Å². The Kier molecular flexibility index (Phi) is 4.40. The van der Waals surface area contributed by atoms with E-state index in [1.807, 2.05) is 31.0 Å². The van der Waals surface area contributed by atoms with E-state index in [9.17, 15) is 0 Å². The summed E-state index contributed by atoms with van der Waals surface area (Å²) in [5.74, 6) is 0. The van der Waals surface area contributed by atoms with Gasteiger partial charge in [0.05, 0.1) is 16.4 Å². The lowest BCUT2D eigenvalue weighted by molar-refractivity contribution is 0.307. The van der Waals surface area contributed by atoms with E-state index in [1.54, 1.807) is 11.3 Å². The van der Waals surface area contributed by atoms with Crippen LogP contribution in [0.2, 0.25) is 4.34 Å². The maximum Gasteiger partial charge on any atom is 0.0946 e. The molecule has 0 aliphatic heterocycles. The highest BCUT2D eigenvalue weighted by molar-refractivity contribution is 7.16. The zero-order chi connectivity index (χ0) is 10.6. The van der Waals surface area contributed by atoms with Crippen molar-refractivity contribution in [2.45, 2.75) is 19.4 Å². The fourth-order valence-corrected chi connectivity index (χ4v) is 2.14. The fourth-order valence-electron chi connectivity index (χ4n) is 1.06. The summed E-state index contributed by atoms with van der Waals surface area (Å²) in [5.41, 5.74) is 0. The van der Waals surface area contributed by atoms with Crippen molar-refractivity contribution >= 4 is 22.9 Å². The Morgan fingerprint density at radius 1 is 1.64 bits per heavy atom. The summed E-state index contributed by atoms with van der Waals surface area (Å²) in [4.78, 5) is 3.31. The van der Waals surface area contributed by atoms with Gasteiger partial charge in [0.1, 0.15) is 0 Å². The van der Waals surface area contributed by atoms with Crippen LogP contribution in [0.15, 0.2) is 12.1 Å². The maximum absolute atomic E-state index is 8.70. The van der Waals surface area contributed by atoms with E-state index in [1.165, 1.54) is 4.88 Å². The van der Waals surface area contributed by atoms with Crippen LogP contribution in [0, 0.1) is 11.3 Å². The number of hydrogen-bond acceptors (Lipinski definition) is 3. The van der Waals surface area contributed by atoms with E-state index in [2.05, 4.69) is 6.07 Å². The predicted molar refractivity (Wildman–Crippen MR) is 60.7 cm³/mol. The zero-order valence-corrected chi connectivity index (χ0v) is 9.90. The molecule has 0 bridgehead atoms. The van der Waals surface area contributed by atoms with Crippen LogP contribution in [0.4, 0.5) is 0 Å². The van der Waals surface area contributed by atoms with Crippen LogP contribution < -0.4 is 0 Å². The van der Waals surface area contributed by atoms with Crippen molar-refractivity contribution in [1.29, 1.82) is 5.26 Å². The van der Waals surface area contributed by atoms with Gasteiger partial charge in [-0.15, -0.1) is 11.3 Å². The van der Waals surface area contributed by atoms with Crippen molar-refractivity contribution in [3.8, 4) is 6.07 Å². The second kappa shape index (κ2) is 5.35. The Bertz CT molecular complexity index is 329. The lowest BCUT2D eigenvalue weighted by Crippen LogP contribution is -2.29. The predicted octanol–water partition coefficient (Wildman–Crippen LogP) is 2.79. The lowest BCUT2D eigenvalue weighted by Gasteiger charge is -2.17. The standard InChI is InChI=1S/C10H13ClN2S/c1-8(7-12)13(2)6-5-9-3-4-10(11)14-9/h3-4,8H,5-6H2,1-2H3. The Hall–Kier alpha value is -0.560. The highest BCUT2D eigenvalue weighted by Gasteiger charge is 2.07. The van der Waals surface area contributed by atoms with E-state index in [0.29, 0.717) is 0 Å². The summed E-state index contributed by atoms with van der Waals surface area (Å²) in [6, 6.07) is 6.14. The third-order valence-corrected chi connectivity index (χ3v) is 3.48. The van der Waals surface area contributed by atoms with Crippen molar-refractivity contribution in [2.24, 2.45) is 0 Å². The highest BCUT2D eigenvalue weighted by Crippen LogP contribution is 2.21. The molecule has 2 nitrogen and oxygen atoms in total. The quantitative estimate of drug-likeness (QED) is 0.793. The topological polar surface area (TPSA) is 27.0 Å². The van der Waals surface area contributed by atoms with Crippen LogP contribution in [0.25, 0.3) is 0 Å². The molecule has 0 spiro atoms. The molecule has 14 heavy (non-hydrogen) atoms. The first-order chi connectivity index (χ1) is 6.63. The molecule has 0 aromatic carbocycles. The average Bonchev–Trinajstić information content (AvgIpc) is 2.59. The van der Waals surface area contributed by atoms with E-state index in [0.717, 1.165) is 17.3 Å². The minimum Gasteiger partial charge on any atom is -0.291 e. The molecule has 0 radical (unpaired) electrons. The van der Waals surface area contributed by atoms with Gasteiger partial charge in [-0.05, 0) is 32.5 Å². The summed E-state index contributed by atoms with van der Waals surface area (Å²) in [6.07, 6.45) is 0.958. The largest absolute Gasteiger partial charge is 0.291 e. The van der Waals surface area contributed by atoms with Crippen LogP contribution >= 0.6 is 22.9 Å². The van der Waals surface area contributed by atoms with E-state index < -0.39 is 0 Å². The summed E-state index contributed by atoms with van der Waals surface area (Å²) in [5, 5.41) is 8.70. The summed E-state index contributed by atoms with van der Waals surface area (Å²) in [7, 11) is 1.96. The lowest BCUT2D eigenvalue weighted by atomic mass is 10.3. The van der Waals surface area contributed by atoms with Crippen molar-refractivity contribution < 1.29 is 0 Å². The van der Waals surface area contributed by atoms with Crippen LogP contribution in [0.5, 0.6) is 0 Å². The molecule has 1 aromatic rings. The number of nitrogens with zero attached hydrogens (tertiary/aromatic N) is 2. The Morgan fingerprint density at radius 3 is 2.86 bits per heavy atom. The van der Waals surface area contributed by atoms with Crippen molar-refractivity contribution in [1.82, 2.24) is 4.90 Å². The molecule has 0 saturated heterocycles. The number of hydrogen-bond donors (Lipinski definition) is 0. The van der Waals surface area contributed by atoms with Crippen LogP contribution in [0.1, 0.15) is 11.8 Å². The molecule has 1 rings (SSSR count). The molecule has 0 aliphatic rings. The first-order valence-corrected chi connectivity index (χ1v) is 5.67. The average molecular weight is 229 g/mol. The SMILES string of the molecule is CC(C#N)N(C)CCc1ccc(Cl)s1. The first kappa shape index (κ1) is 11.5.